The Morgan fingerprint density at radius 1 is 0.684 bits per heavy atom. The third kappa shape index (κ3) is 3.05. The van der Waals surface area contributed by atoms with Crippen molar-refractivity contribution in [1.29, 1.82) is 0 Å². The van der Waals surface area contributed by atoms with Gasteiger partial charge < -0.3 is 4.74 Å². The Morgan fingerprint density at radius 3 is 1.37 bits per heavy atom. The van der Waals surface area contributed by atoms with E-state index in [9.17, 15) is 0 Å². The maximum atomic E-state index is 6.49. The second-order valence-corrected chi connectivity index (χ2v) is 50.3. The zero-order chi connectivity index (χ0) is 15.1. The third-order valence-electron chi connectivity index (χ3n) is 5.21. The van der Waals surface area contributed by atoms with E-state index in [2.05, 4.69) is 58.9 Å². The summed E-state index contributed by atoms with van der Waals surface area (Å²) >= 11 is 0. The topological polar surface area (TPSA) is 9.23 Å². The fourth-order valence-electron chi connectivity index (χ4n) is 5.91. The third-order valence-corrected chi connectivity index (χ3v) is 78.4. The van der Waals surface area contributed by atoms with Crippen LogP contribution < -0.4 is 0 Å². The maximum Gasteiger partial charge on any atom is 0.0707 e. The van der Waals surface area contributed by atoms with Gasteiger partial charge in [0, 0.05) is 35.1 Å². The molecule has 0 aromatic rings. The molecule has 1 fully saturated rings. The molecule has 0 aromatic heterocycles. The first kappa shape index (κ1) is 17.9. The second-order valence-electron chi connectivity index (χ2n) is 9.41. The highest BCUT2D eigenvalue weighted by Gasteiger charge is 2.65. The molecule has 0 aliphatic carbocycles. The van der Waals surface area contributed by atoms with Crippen molar-refractivity contribution in [2.24, 2.45) is 0 Å². The van der Waals surface area contributed by atoms with E-state index in [4.69, 9.17) is 4.74 Å². The molecular weight excluding hydrogens is 296 g/mol. The predicted molar refractivity (Wildman–Crippen MR) is 99.4 cm³/mol. The molecule has 114 valence electrons. The lowest BCUT2D eigenvalue weighted by atomic mass is 10.2. The number of hydrogen-bond acceptors (Lipinski definition) is 1. The zero-order valence-corrected chi connectivity index (χ0v) is 18.8. The molecule has 1 aliphatic rings. The van der Waals surface area contributed by atoms with E-state index in [0.717, 1.165) is 6.61 Å². The van der Waals surface area contributed by atoms with Gasteiger partial charge in [0.1, 0.15) is 0 Å². The molecule has 1 aliphatic heterocycles. The Bertz CT molecular complexity index is 267. The summed E-state index contributed by atoms with van der Waals surface area (Å²) in [7, 11) is -3.47. The van der Waals surface area contributed by atoms with Gasteiger partial charge in [0.2, 0.25) is 0 Å². The van der Waals surface area contributed by atoms with Gasteiger partial charge in [-0.25, -0.2) is 0 Å². The van der Waals surface area contributed by atoms with Gasteiger partial charge in [-0.3, -0.25) is 0 Å². The summed E-state index contributed by atoms with van der Waals surface area (Å²) in [5, 5.41) is 0. The molecule has 0 N–H and O–H groups in total. The summed E-state index contributed by atoms with van der Waals surface area (Å²) in [4.78, 5) is 0. The highest BCUT2D eigenvalue weighted by Crippen LogP contribution is 2.42. The molecular formula is C14H36OSi4. The van der Waals surface area contributed by atoms with Crippen molar-refractivity contribution in [2.75, 3.05) is 6.61 Å². The van der Waals surface area contributed by atoms with E-state index in [1.165, 1.54) is 19.3 Å². The Hall–Kier alpha value is 0.828. The molecule has 1 heterocycles. The molecule has 0 bridgehead atoms. The molecule has 0 amide bonds. The number of ether oxygens (including phenoxy) is 1. The molecule has 1 rings (SSSR count). The number of hydrogen-bond donors (Lipinski definition) is 0. The van der Waals surface area contributed by atoms with E-state index in [1.54, 1.807) is 0 Å². The van der Waals surface area contributed by atoms with Crippen LogP contribution in [0.3, 0.4) is 0 Å². The molecule has 1 unspecified atom stereocenters. The smallest absolute Gasteiger partial charge is 0.0707 e. The lowest BCUT2D eigenvalue weighted by Crippen LogP contribution is -2.88. The predicted octanol–water partition coefficient (Wildman–Crippen LogP) is 4.79. The van der Waals surface area contributed by atoms with Gasteiger partial charge in [0.05, 0.1) is 6.63 Å². The van der Waals surface area contributed by atoms with Crippen molar-refractivity contribution >= 4 is 29.4 Å². The molecule has 0 radical (unpaired) electrons. The molecule has 1 saturated heterocycles. The fourth-order valence-corrected chi connectivity index (χ4v) is 108. The normalized spacial score (nSPS) is 23.5. The van der Waals surface area contributed by atoms with Gasteiger partial charge in [-0.15, -0.1) is 0 Å². The highest BCUT2D eigenvalue weighted by atomic mass is 29.9. The van der Waals surface area contributed by atoms with Crippen molar-refractivity contribution < 1.29 is 4.74 Å². The van der Waals surface area contributed by atoms with Crippen LogP contribution in [0.15, 0.2) is 0 Å². The van der Waals surface area contributed by atoms with Crippen LogP contribution in [0, 0.1) is 0 Å². The van der Waals surface area contributed by atoms with E-state index < -0.39 is 29.4 Å². The Morgan fingerprint density at radius 2 is 1.11 bits per heavy atom. The van der Waals surface area contributed by atoms with Crippen LogP contribution in [0.5, 0.6) is 0 Å². The molecule has 19 heavy (non-hydrogen) atoms. The van der Waals surface area contributed by atoms with Gasteiger partial charge in [-0.2, -0.15) is 0 Å². The standard InChI is InChI=1S/C14H36OSi4/c1-16(2,3)19(17(4,5)6,18(7,8)9)14-12-10-11-13-15-14/h14H,10-13H2,1-9H3. The van der Waals surface area contributed by atoms with Crippen LogP contribution in [-0.2, 0) is 4.74 Å². The minimum absolute atomic E-state index is 0.700. The lowest BCUT2D eigenvalue weighted by molar-refractivity contribution is 0.0638. The largest absolute Gasteiger partial charge is 0.382 e. The SMILES string of the molecule is C[Si](C)(C)[Si](C1CCCCO1)([Si](C)(C)C)[Si](C)(C)C. The van der Waals surface area contributed by atoms with E-state index >= 15 is 0 Å². The molecule has 1 nitrogen and oxygen atoms in total. The van der Waals surface area contributed by atoms with Crippen LogP contribution in [0.2, 0.25) is 58.9 Å². The van der Waals surface area contributed by atoms with Crippen molar-refractivity contribution in [3.63, 3.8) is 0 Å². The minimum Gasteiger partial charge on any atom is -0.382 e. The summed E-state index contributed by atoms with van der Waals surface area (Å²) in [5.41, 5.74) is 0.700. The van der Waals surface area contributed by atoms with Crippen LogP contribution in [0.25, 0.3) is 0 Å². The van der Waals surface area contributed by atoms with Gasteiger partial charge in [0.15, 0.2) is 0 Å². The first-order valence-electron chi connectivity index (χ1n) is 7.97. The van der Waals surface area contributed by atoms with Crippen LogP contribution in [0.4, 0.5) is 0 Å². The van der Waals surface area contributed by atoms with Crippen molar-refractivity contribution in [1.82, 2.24) is 0 Å². The lowest BCUT2D eigenvalue weighted by Gasteiger charge is -2.61. The summed E-state index contributed by atoms with van der Waals surface area (Å²) in [6.07, 6.45) is 4.09. The number of rotatable bonds is 4. The first-order valence-corrected chi connectivity index (χ1v) is 23.5. The van der Waals surface area contributed by atoms with Crippen molar-refractivity contribution in [3.8, 4) is 0 Å². The van der Waals surface area contributed by atoms with Crippen LogP contribution in [0.1, 0.15) is 19.3 Å². The van der Waals surface area contributed by atoms with Crippen LogP contribution >= 0.6 is 0 Å². The fraction of sp³-hybridized carbons (Fsp3) is 1.00. The van der Waals surface area contributed by atoms with Crippen LogP contribution in [-0.4, -0.2) is 41.7 Å². The monoisotopic (exact) mass is 332 g/mol. The minimum atomic E-state index is -1.30. The molecule has 1 atom stereocenters. The maximum absolute atomic E-state index is 6.49. The summed E-state index contributed by atoms with van der Waals surface area (Å²) in [6, 6.07) is 0. The molecule has 0 spiro atoms. The summed E-state index contributed by atoms with van der Waals surface area (Å²) < 4.78 is 6.49. The van der Waals surface area contributed by atoms with E-state index in [0.29, 0.717) is 5.73 Å². The van der Waals surface area contributed by atoms with E-state index in [1.807, 2.05) is 0 Å². The summed E-state index contributed by atoms with van der Waals surface area (Å²) in [5.74, 6) is 0. The zero-order valence-electron chi connectivity index (χ0n) is 14.8. The average Bonchev–Trinajstić information content (AvgIpc) is 2.12. The van der Waals surface area contributed by atoms with Gasteiger partial charge in [-0.05, 0) is 19.3 Å². The second kappa shape index (κ2) is 5.55. The first-order chi connectivity index (χ1) is 8.36. The van der Waals surface area contributed by atoms with Gasteiger partial charge >= 0.3 is 0 Å². The van der Waals surface area contributed by atoms with Crippen molar-refractivity contribution in [3.05, 3.63) is 0 Å². The summed E-state index contributed by atoms with van der Waals surface area (Å²) in [6.45, 7) is 23.8. The molecule has 0 saturated carbocycles. The Labute approximate surface area is 124 Å². The highest BCUT2D eigenvalue weighted by molar-refractivity contribution is 7.89. The molecule has 5 heteroatoms. The van der Waals surface area contributed by atoms with Gasteiger partial charge in [-0.1, -0.05) is 58.9 Å². The Balaban J connectivity index is 3.44. The molecule has 0 aromatic carbocycles. The average molecular weight is 333 g/mol. The Kier molecular flexibility index (Phi) is 5.22. The quantitative estimate of drug-likeness (QED) is 0.672. The van der Waals surface area contributed by atoms with Crippen molar-refractivity contribution in [2.45, 2.75) is 83.9 Å². The van der Waals surface area contributed by atoms with E-state index in [-0.39, 0.29) is 0 Å². The van der Waals surface area contributed by atoms with Gasteiger partial charge in [0.25, 0.3) is 0 Å².